The van der Waals surface area contributed by atoms with Crippen LogP contribution in [-0.2, 0) is 4.79 Å². The van der Waals surface area contributed by atoms with Gasteiger partial charge in [0.1, 0.15) is 0 Å². The van der Waals surface area contributed by atoms with Gasteiger partial charge in [-0.2, -0.15) is 0 Å². The topological polar surface area (TPSA) is 33.2 Å². The summed E-state index contributed by atoms with van der Waals surface area (Å²) < 4.78 is 0. The molecule has 1 aliphatic rings. The maximum absolute atomic E-state index is 12.2. The number of hydrogen-bond donors (Lipinski definition) is 0. The van der Waals surface area contributed by atoms with Crippen LogP contribution in [0.2, 0.25) is 5.02 Å². The Morgan fingerprint density at radius 2 is 2.11 bits per heavy atom. The quantitative estimate of drug-likeness (QED) is 0.608. The first-order valence-electron chi connectivity index (χ1n) is 9.12. The number of benzene rings is 1. The normalized spacial score (nSPS) is 17.0. The van der Waals surface area contributed by atoms with Crippen molar-refractivity contribution >= 4 is 23.0 Å². The molecular weight excluding hydrogens is 356 g/mol. The van der Waals surface area contributed by atoms with E-state index >= 15 is 0 Å². The van der Waals surface area contributed by atoms with E-state index in [1.54, 1.807) is 13.1 Å². The van der Waals surface area contributed by atoms with Gasteiger partial charge >= 0.3 is 0 Å². The van der Waals surface area contributed by atoms with Crippen molar-refractivity contribution in [3.05, 3.63) is 83.3 Å². The first-order chi connectivity index (χ1) is 13.0. The third-order valence-electron chi connectivity index (χ3n) is 4.52. The number of hydrogen-bond acceptors (Lipinski definition) is 3. The Kier molecular flexibility index (Phi) is 5.92. The van der Waals surface area contributed by atoms with Gasteiger partial charge in [-0.25, -0.2) is 0 Å². The van der Waals surface area contributed by atoms with Crippen molar-refractivity contribution in [3.8, 4) is 11.3 Å². The SMILES string of the molecule is CC/C=C(/C(C)=O)N1C=C(c2cccnc2-c2cccc(Cl)c2)C=CC1C. The smallest absolute Gasteiger partial charge is 0.175 e. The monoisotopic (exact) mass is 378 g/mol. The van der Waals surface area contributed by atoms with Crippen LogP contribution in [0.25, 0.3) is 16.8 Å². The van der Waals surface area contributed by atoms with Crippen LogP contribution in [0.3, 0.4) is 0 Å². The molecule has 1 aliphatic heterocycles. The lowest BCUT2D eigenvalue weighted by molar-refractivity contribution is -0.114. The van der Waals surface area contributed by atoms with E-state index in [1.807, 2.05) is 60.5 Å². The number of rotatable bonds is 5. The summed E-state index contributed by atoms with van der Waals surface area (Å²) in [6, 6.07) is 11.8. The van der Waals surface area contributed by atoms with Gasteiger partial charge in [-0.15, -0.1) is 0 Å². The Balaban J connectivity index is 2.09. The second kappa shape index (κ2) is 8.36. The number of ketones is 1. The second-order valence-electron chi connectivity index (χ2n) is 6.56. The third-order valence-corrected chi connectivity index (χ3v) is 4.76. The molecular formula is C23H23ClN2O. The lowest BCUT2D eigenvalue weighted by Crippen LogP contribution is -2.31. The molecule has 0 fully saturated rings. The molecule has 1 aromatic carbocycles. The molecule has 3 rings (SSSR count). The van der Waals surface area contributed by atoms with Crippen LogP contribution >= 0.6 is 11.6 Å². The van der Waals surface area contributed by atoms with Crippen LogP contribution in [0.5, 0.6) is 0 Å². The molecule has 0 N–H and O–H groups in total. The fraction of sp³-hybridized carbons (Fsp3) is 0.217. The highest BCUT2D eigenvalue weighted by molar-refractivity contribution is 6.30. The van der Waals surface area contributed by atoms with Crippen molar-refractivity contribution in [2.45, 2.75) is 33.2 Å². The largest absolute Gasteiger partial charge is 0.338 e. The lowest BCUT2D eigenvalue weighted by atomic mass is 9.96. The van der Waals surface area contributed by atoms with E-state index in [0.29, 0.717) is 5.02 Å². The fourth-order valence-corrected chi connectivity index (χ4v) is 3.41. The zero-order valence-corrected chi connectivity index (χ0v) is 16.6. The highest BCUT2D eigenvalue weighted by Gasteiger charge is 2.21. The van der Waals surface area contributed by atoms with Gasteiger partial charge in [-0.3, -0.25) is 9.78 Å². The number of allylic oxidation sites excluding steroid dienone is 4. The van der Waals surface area contributed by atoms with Gasteiger partial charge in [0.2, 0.25) is 0 Å². The Morgan fingerprint density at radius 1 is 1.30 bits per heavy atom. The van der Waals surface area contributed by atoms with E-state index in [1.165, 1.54) is 0 Å². The zero-order valence-electron chi connectivity index (χ0n) is 15.8. The molecule has 1 aromatic heterocycles. The predicted molar refractivity (Wildman–Crippen MR) is 112 cm³/mol. The molecule has 0 amide bonds. The van der Waals surface area contributed by atoms with Crippen molar-refractivity contribution in [2.75, 3.05) is 0 Å². The van der Waals surface area contributed by atoms with Gasteiger partial charge in [0.25, 0.3) is 0 Å². The highest BCUT2D eigenvalue weighted by Crippen LogP contribution is 2.32. The third kappa shape index (κ3) is 4.20. The number of pyridine rings is 1. The lowest BCUT2D eigenvalue weighted by Gasteiger charge is -2.31. The van der Waals surface area contributed by atoms with Crippen LogP contribution < -0.4 is 0 Å². The van der Waals surface area contributed by atoms with Crippen LogP contribution in [0, 0.1) is 0 Å². The fourth-order valence-electron chi connectivity index (χ4n) is 3.22. The molecule has 0 bridgehead atoms. The van der Waals surface area contributed by atoms with E-state index in [0.717, 1.165) is 34.5 Å². The minimum atomic E-state index is 0.0656. The summed E-state index contributed by atoms with van der Waals surface area (Å²) in [5, 5.41) is 0.678. The van der Waals surface area contributed by atoms with Crippen molar-refractivity contribution in [3.63, 3.8) is 0 Å². The molecule has 0 radical (unpaired) electrons. The van der Waals surface area contributed by atoms with Crippen LogP contribution in [0.15, 0.2) is 72.7 Å². The molecule has 0 spiro atoms. The number of aromatic nitrogens is 1. The summed E-state index contributed by atoms with van der Waals surface area (Å²) in [7, 11) is 0. The minimum absolute atomic E-state index is 0.0656. The molecule has 27 heavy (non-hydrogen) atoms. The Hall–Kier alpha value is -2.65. The maximum Gasteiger partial charge on any atom is 0.175 e. The molecule has 0 aliphatic carbocycles. The van der Waals surface area contributed by atoms with Crippen molar-refractivity contribution < 1.29 is 4.79 Å². The van der Waals surface area contributed by atoms with Crippen LogP contribution in [0.1, 0.15) is 32.8 Å². The first kappa shape index (κ1) is 19.1. The van der Waals surface area contributed by atoms with Crippen molar-refractivity contribution in [1.82, 2.24) is 9.88 Å². The summed E-state index contributed by atoms with van der Waals surface area (Å²) in [6.07, 6.45) is 10.8. The van der Waals surface area contributed by atoms with Gasteiger partial charge in [-0.1, -0.05) is 55.0 Å². The summed E-state index contributed by atoms with van der Waals surface area (Å²) in [5.74, 6) is 0.0656. The molecule has 4 heteroatoms. The van der Waals surface area contributed by atoms with Gasteiger partial charge in [0.15, 0.2) is 5.78 Å². The number of carbonyl (C=O) groups is 1. The maximum atomic E-state index is 12.2. The van der Waals surface area contributed by atoms with E-state index in [2.05, 4.69) is 24.1 Å². The van der Waals surface area contributed by atoms with Crippen LogP contribution in [-0.4, -0.2) is 21.7 Å². The van der Waals surface area contributed by atoms with Gasteiger partial charge in [-0.05, 0) is 37.1 Å². The number of Topliss-reactive ketones (excluding diaryl/α,β-unsaturated/α-hetero) is 1. The summed E-state index contributed by atoms with van der Waals surface area (Å²) in [5.41, 5.74) is 4.58. The Morgan fingerprint density at radius 3 is 2.81 bits per heavy atom. The number of nitrogens with zero attached hydrogens (tertiary/aromatic N) is 2. The molecule has 138 valence electrons. The summed E-state index contributed by atoms with van der Waals surface area (Å²) in [4.78, 5) is 18.8. The molecule has 2 heterocycles. The van der Waals surface area contributed by atoms with Gasteiger partial charge < -0.3 is 4.90 Å². The van der Waals surface area contributed by atoms with Crippen molar-refractivity contribution in [2.24, 2.45) is 0 Å². The molecule has 3 nitrogen and oxygen atoms in total. The molecule has 1 atom stereocenters. The average Bonchev–Trinajstić information content (AvgIpc) is 2.66. The van der Waals surface area contributed by atoms with Gasteiger partial charge in [0.05, 0.1) is 11.4 Å². The molecule has 1 unspecified atom stereocenters. The molecule has 0 saturated heterocycles. The number of halogens is 1. The van der Waals surface area contributed by atoms with Crippen molar-refractivity contribution in [1.29, 1.82) is 0 Å². The standard InChI is InChI=1S/C23H23ClN2O/c1-4-7-22(17(3)27)26-15-19(12-11-16(26)2)21-10-6-13-25-23(21)18-8-5-9-20(24)14-18/h5-16H,4H2,1-3H3/b22-7-. The summed E-state index contributed by atoms with van der Waals surface area (Å²) >= 11 is 6.18. The zero-order chi connectivity index (χ0) is 19.4. The second-order valence-corrected chi connectivity index (χ2v) is 6.99. The highest BCUT2D eigenvalue weighted by atomic mass is 35.5. The van der Waals surface area contributed by atoms with E-state index in [-0.39, 0.29) is 11.8 Å². The van der Waals surface area contributed by atoms with E-state index in [9.17, 15) is 4.79 Å². The van der Waals surface area contributed by atoms with E-state index in [4.69, 9.17) is 11.6 Å². The predicted octanol–water partition coefficient (Wildman–Crippen LogP) is 5.89. The van der Waals surface area contributed by atoms with E-state index < -0.39 is 0 Å². The number of carbonyl (C=O) groups excluding carboxylic acids is 1. The first-order valence-corrected chi connectivity index (χ1v) is 9.49. The molecule has 0 saturated carbocycles. The Bertz CT molecular complexity index is 943. The van der Waals surface area contributed by atoms with Gasteiger partial charge in [0, 0.05) is 41.5 Å². The average molecular weight is 379 g/mol. The van der Waals surface area contributed by atoms with Crippen LogP contribution in [0.4, 0.5) is 0 Å². The summed E-state index contributed by atoms with van der Waals surface area (Å²) in [6.45, 7) is 5.73. The molecule has 2 aromatic rings. The minimum Gasteiger partial charge on any atom is -0.338 e. The Labute approximate surface area is 165 Å².